The molecule has 0 aliphatic carbocycles. The van der Waals surface area contributed by atoms with Crippen LogP contribution in [0.3, 0.4) is 0 Å². The molecule has 72 valence electrons. The molecule has 1 N–H and O–H groups in total. The Morgan fingerprint density at radius 2 is 1.92 bits per heavy atom. The molecule has 12 heavy (non-hydrogen) atoms. The van der Waals surface area contributed by atoms with Gasteiger partial charge in [-0.2, -0.15) is 0 Å². The van der Waals surface area contributed by atoms with E-state index in [0.29, 0.717) is 0 Å². The zero-order valence-corrected chi connectivity index (χ0v) is 11.6. The standard InChI is InChI=1S/C9H23NSi2/c1-9(2)6-11-7-10-8-12(3,4)5/h6,10H,7-8,11H2,1-5H3. The minimum absolute atomic E-state index is 0.0440. The summed E-state index contributed by atoms with van der Waals surface area (Å²) in [6, 6.07) is 0. The molecule has 0 atom stereocenters. The van der Waals surface area contributed by atoms with Gasteiger partial charge in [-0.3, -0.25) is 0 Å². The minimum Gasteiger partial charge on any atom is -0.322 e. The van der Waals surface area contributed by atoms with Gasteiger partial charge < -0.3 is 5.32 Å². The van der Waals surface area contributed by atoms with Crippen molar-refractivity contribution in [3.05, 3.63) is 11.3 Å². The van der Waals surface area contributed by atoms with Crippen LogP contribution < -0.4 is 5.32 Å². The molecule has 0 radical (unpaired) electrons. The van der Waals surface area contributed by atoms with E-state index in [1.54, 1.807) is 0 Å². The monoisotopic (exact) mass is 201 g/mol. The molecule has 0 spiro atoms. The number of nitrogens with one attached hydrogen (secondary N) is 1. The molecular weight excluding hydrogens is 178 g/mol. The van der Waals surface area contributed by atoms with Crippen molar-refractivity contribution < 1.29 is 0 Å². The van der Waals surface area contributed by atoms with Gasteiger partial charge in [0.2, 0.25) is 0 Å². The van der Waals surface area contributed by atoms with Gasteiger partial charge >= 0.3 is 0 Å². The smallest absolute Gasteiger partial charge is 0.0608 e. The highest BCUT2D eigenvalue weighted by Gasteiger charge is 2.10. The average molecular weight is 201 g/mol. The van der Waals surface area contributed by atoms with Crippen molar-refractivity contribution in [2.75, 3.05) is 12.3 Å². The molecule has 0 unspecified atom stereocenters. The summed E-state index contributed by atoms with van der Waals surface area (Å²) in [5.74, 6) is 0. The molecule has 0 heterocycles. The van der Waals surface area contributed by atoms with Crippen molar-refractivity contribution in [3.8, 4) is 0 Å². The average Bonchev–Trinajstić information content (AvgIpc) is 1.83. The molecule has 1 nitrogen and oxygen atoms in total. The molecule has 0 aliphatic heterocycles. The van der Waals surface area contributed by atoms with Crippen LogP contribution in [0.1, 0.15) is 13.8 Å². The van der Waals surface area contributed by atoms with Crippen molar-refractivity contribution in [1.29, 1.82) is 0 Å². The molecule has 0 bridgehead atoms. The number of hydrogen-bond acceptors (Lipinski definition) is 1. The fourth-order valence-electron chi connectivity index (χ4n) is 0.926. The molecule has 0 saturated heterocycles. The summed E-state index contributed by atoms with van der Waals surface area (Å²) in [5, 5.41) is 3.56. The normalized spacial score (nSPS) is 12.4. The molecule has 0 saturated carbocycles. The summed E-state index contributed by atoms with van der Waals surface area (Å²) in [7, 11) is -0.800. The summed E-state index contributed by atoms with van der Waals surface area (Å²) < 4.78 is 0. The zero-order valence-electron chi connectivity index (χ0n) is 9.20. The first-order valence-corrected chi connectivity index (χ1v) is 10.3. The van der Waals surface area contributed by atoms with E-state index in [0.717, 1.165) is 0 Å². The first-order chi connectivity index (χ1) is 5.42. The second-order valence-corrected chi connectivity index (χ2v) is 11.8. The fourth-order valence-corrected chi connectivity index (χ4v) is 3.31. The Kier molecular flexibility index (Phi) is 5.79. The number of allylic oxidation sites excluding steroid dienone is 1. The van der Waals surface area contributed by atoms with Gasteiger partial charge in [-0.15, -0.1) is 5.70 Å². The molecule has 0 fully saturated rings. The Balaban J connectivity index is 3.29. The Bertz CT molecular complexity index is 143. The first-order valence-electron chi connectivity index (χ1n) is 4.76. The van der Waals surface area contributed by atoms with Gasteiger partial charge in [0.25, 0.3) is 0 Å². The van der Waals surface area contributed by atoms with E-state index >= 15 is 0 Å². The van der Waals surface area contributed by atoms with Gasteiger partial charge in [0, 0.05) is 0 Å². The topological polar surface area (TPSA) is 12.0 Å². The van der Waals surface area contributed by atoms with Gasteiger partial charge in [-0.25, -0.2) is 0 Å². The lowest BCUT2D eigenvalue weighted by atomic mass is 10.4. The van der Waals surface area contributed by atoms with Crippen LogP contribution in [0.25, 0.3) is 0 Å². The van der Waals surface area contributed by atoms with E-state index in [-0.39, 0.29) is 9.52 Å². The molecule has 0 aromatic rings. The van der Waals surface area contributed by atoms with Crippen LogP contribution in [0.4, 0.5) is 0 Å². The van der Waals surface area contributed by atoms with Gasteiger partial charge in [0.05, 0.1) is 17.6 Å². The summed E-state index contributed by atoms with van der Waals surface area (Å²) in [6.45, 7) is 11.6. The lowest BCUT2D eigenvalue weighted by molar-refractivity contribution is 0.905. The van der Waals surface area contributed by atoms with Crippen LogP contribution in [-0.4, -0.2) is 29.9 Å². The SMILES string of the molecule is CC(C)=C[SiH2]CNC[Si](C)(C)C. The highest BCUT2D eigenvalue weighted by Crippen LogP contribution is 1.96. The quantitative estimate of drug-likeness (QED) is 0.525. The van der Waals surface area contributed by atoms with Crippen molar-refractivity contribution in [2.45, 2.75) is 33.5 Å². The third-order valence-electron chi connectivity index (χ3n) is 1.53. The molecular formula is C9H23NSi2. The van der Waals surface area contributed by atoms with Gasteiger partial charge in [0.15, 0.2) is 0 Å². The maximum Gasteiger partial charge on any atom is 0.0608 e. The van der Waals surface area contributed by atoms with Crippen molar-refractivity contribution >= 4 is 17.6 Å². The van der Waals surface area contributed by atoms with Crippen LogP contribution in [0.5, 0.6) is 0 Å². The summed E-state index contributed by atoms with van der Waals surface area (Å²) in [5.41, 5.74) is 3.91. The molecule has 0 amide bonds. The molecule has 0 aromatic heterocycles. The molecule has 3 heteroatoms. The molecule has 0 aliphatic rings. The Labute approximate surface area is 80.5 Å². The Hall–Kier alpha value is 0.134. The van der Waals surface area contributed by atoms with E-state index < -0.39 is 8.07 Å². The first kappa shape index (κ1) is 12.1. The highest BCUT2D eigenvalue weighted by molar-refractivity contribution is 6.76. The fraction of sp³-hybridized carbons (Fsp3) is 0.778. The zero-order chi connectivity index (χ0) is 9.61. The van der Waals surface area contributed by atoms with Crippen LogP contribution in [0.2, 0.25) is 19.6 Å². The molecule has 0 rings (SSSR count). The third-order valence-corrected chi connectivity index (χ3v) is 4.59. The lowest BCUT2D eigenvalue weighted by Crippen LogP contribution is -2.38. The second-order valence-electron chi connectivity index (χ2n) is 4.81. The number of rotatable bonds is 5. The van der Waals surface area contributed by atoms with Crippen molar-refractivity contribution in [2.24, 2.45) is 0 Å². The largest absolute Gasteiger partial charge is 0.322 e. The van der Waals surface area contributed by atoms with Gasteiger partial charge in [0.1, 0.15) is 0 Å². The van der Waals surface area contributed by atoms with E-state index in [1.807, 2.05) is 0 Å². The predicted molar refractivity (Wildman–Crippen MR) is 64.2 cm³/mol. The summed E-state index contributed by atoms with van der Waals surface area (Å²) in [6.07, 6.45) is 2.55. The van der Waals surface area contributed by atoms with Gasteiger partial charge in [-0.1, -0.05) is 25.2 Å². The maximum absolute atomic E-state index is 3.56. The predicted octanol–water partition coefficient (Wildman–Crippen LogP) is 1.50. The van der Waals surface area contributed by atoms with Crippen LogP contribution in [-0.2, 0) is 0 Å². The second kappa shape index (κ2) is 5.72. The Morgan fingerprint density at radius 1 is 1.33 bits per heavy atom. The Morgan fingerprint density at radius 3 is 2.33 bits per heavy atom. The maximum atomic E-state index is 3.56. The molecule has 0 aromatic carbocycles. The third kappa shape index (κ3) is 10.1. The van der Waals surface area contributed by atoms with Gasteiger partial charge in [-0.05, 0) is 26.2 Å². The minimum atomic E-state index is -0.844. The highest BCUT2D eigenvalue weighted by atomic mass is 28.3. The number of hydrogen-bond donors (Lipinski definition) is 1. The lowest BCUT2D eigenvalue weighted by Gasteiger charge is -2.15. The van der Waals surface area contributed by atoms with Crippen molar-refractivity contribution in [1.82, 2.24) is 5.32 Å². The van der Waals surface area contributed by atoms with Crippen LogP contribution in [0, 0.1) is 0 Å². The van der Waals surface area contributed by atoms with E-state index in [4.69, 9.17) is 0 Å². The van der Waals surface area contributed by atoms with Crippen LogP contribution in [0.15, 0.2) is 11.3 Å². The van der Waals surface area contributed by atoms with Crippen LogP contribution >= 0.6 is 0 Å². The van der Waals surface area contributed by atoms with E-state index in [1.165, 1.54) is 17.9 Å². The van der Waals surface area contributed by atoms with E-state index in [9.17, 15) is 0 Å². The summed E-state index contributed by atoms with van der Waals surface area (Å²) >= 11 is 0. The van der Waals surface area contributed by atoms with Crippen molar-refractivity contribution in [3.63, 3.8) is 0 Å². The summed E-state index contributed by atoms with van der Waals surface area (Å²) in [4.78, 5) is 0. The van der Waals surface area contributed by atoms with E-state index in [2.05, 4.69) is 44.5 Å².